The van der Waals surface area contributed by atoms with Crippen LogP contribution in [0.2, 0.25) is 0 Å². The van der Waals surface area contributed by atoms with Crippen LogP contribution in [-0.2, 0) is 10.0 Å². The van der Waals surface area contributed by atoms with Crippen molar-refractivity contribution in [1.29, 1.82) is 0 Å². The van der Waals surface area contributed by atoms with E-state index >= 15 is 0 Å². The molecule has 0 aromatic heterocycles. The number of nitrogen functional groups attached to an aromatic ring is 1. The predicted octanol–water partition coefficient (Wildman–Crippen LogP) is 1.43. The number of anilines is 2. The third kappa shape index (κ3) is 5.43. The Morgan fingerprint density at radius 1 is 1.38 bits per heavy atom. The van der Waals surface area contributed by atoms with E-state index in [0.29, 0.717) is 24.6 Å². The van der Waals surface area contributed by atoms with E-state index in [1.165, 1.54) is 0 Å². The summed E-state index contributed by atoms with van der Waals surface area (Å²) >= 11 is 0. The van der Waals surface area contributed by atoms with Crippen LogP contribution in [0, 0.1) is 0 Å². The summed E-state index contributed by atoms with van der Waals surface area (Å²) < 4.78 is 30.4. The lowest BCUT2D eigenvalue weighted by Crippen LogP contribution is -2.42. The number of rotatable bonds is 8. The van der Waals surface area contributed by atoms with Gasteiger partial charge in [0.05, 0.1) is 18.6 Å². The molecule has 0 spiro atoms. The summed E-state index contributed by atoms with van der Waals surface area (Å²) in [5.41, 5.74) is 7.43. The normalized spacial score (nSPS) is 13.0. The van der Waals surface area contributed by atoms with Crippen molar-refractivity contribution in [2.24, 2.45) is 0 Å². The van der Waals surface area contributed by atoms with Crippen LogP contribution in [0.5, 0.6) is 5.75 Å². The fourth-order valence-corrected chi connectivity index (χ4v) is 2.66. The van der Waals surface area contributed by atoms with Crippen molar-refractivity contribution >= 4 is 21.4 Å². The molecule has 0 heterocycles. The zero-order chi connectivity index (χ0) is 16.0. The van der Waals surface area contributed by atoms with Gasteiger partial charge in [-0.25, -0.2) is 13.1 Å². The molecule has 7 heteroatoms. The topological polar surface area (TPSA) is 84.7 Å². The van der Waals surface area contributed by atoms with E-state index in [2.05, 4.69) is 9.62 Å². The Morgan fingerprint density at radius 2 is 2.05 bits per heavy atom. The van der Waals surface area contributed by atoms with Crippen molar-refractivity contribution in [3.8, 4) is 5.75 Å². The molecule has 0 bridgehead atoms. The second-order valence-electron chi connectivity index (χ2n) is 4.91. The number of hydrogen-bond acceptors (Lipinski definition) is 5. The number of likely N-dealkylation sites (N-methyl/N-ethyl adjacent to an activating group) is 1. The molecule has 6 nitrogen and oxygen atoms in total. The average molecular weight is 315 g/mol. The van der Waals surface area contributed by atoms with Crippen molar-refractivity contribution in [2.45, 2.75) is 26.8 Å². The Kier molecular flexibility index (Phi) is 6.29. The number of nitrogens with two attached hydrogens (primary N) is 1. The highest BCUT2D eigenvalue weighted by molar-refractivity contribution is 7.88. The fraction of sp³-hybridized carbons (Fsp3) is 0.571. The maximum atomic E-state index is 11.2. The largest absolute Gasteiger partial charge is 0.492 e. The number of nitrogens with one attached hydrogen (secondary N) is 1. The van der Waals surface area contributed by atoms with Gasteiger partial charge in [-0.2, -0.15) is 0 Å². The number of hydrogen-bond donors (Lipinski definition) is 2. The highest BCUT2D eigenvalue weighted by Crippen LogP contribution is 2.28. The van der Waals surface area contributed by atoms with Crippen LogP contribution in [0.4, 0.5) is 11.4 Å². The minimum Gasteiger partial charge on any atom is -0.492 e. The van der Waals surface area contributed by atoms with Gasteiger partial charge in [-0.3, -0.25) is 0 Å². The van der Waals surface area contributed by atoms with Crippen LogP contribution in [0.25, 0.3) is 0 Å². The number of sulfonamides is 1. The number of ether oxygens (including phenoxy) is 1. The minimum absolute atomic E-state index is 0.0165. The van der Waals surface area contributed by atoms with Gasteiger partial charge in [0, 0.05) is 30.9 Å². The Bertz CT molecular complexity index is 561. The van der Waals surface area contributed by atoms with Crippen LogP contribution >= 0.6 is 0 Å². The molecule has 1 aromatic rings. The molecule has 1 aromatic carbocycles. The highest BCUT2D eigenvalue weighted by atomic mass is 32.2. The molecule has 1 unspecified atom stereocenters. The van der Waals surface area contributed by atoms with Gasteiger partial charge in [-0.15, -0.1) is 0 Å². The predicted molar refractivity (Wildman–Crippen MR) is 87.4 cm³/mol. The molecule has 0 saturated heterocycles. The zero-order valence-electron chi connectivity index (χ0n) is 13.1. The second-order valence-corrected chi connectivity index (χ2v) is 6.74. The van der Waals surface area contributed by atoms with Crippen molar-refractivity contribution in [3.05, 3.63) is 18.2 Å². The third-order valence-electron chi connectivity index (χ3n) is 3.14. The van der Waals surface area contributed by atoms with Gasteiger partial charge >= 0.3 is 0 Å². The molecule has 21 heavy (non-hydrogen) atoms. The molecule has 0 aliphatic heterocycles. The van der Waals surface area contributed by atoms with Crippen LogP contribution in [0.3, 0.4) is 0 Å². The molecule has 0 aliphatic carbocycles. The maximum absolute atomic E-state index is 11.2. The summed E-state index contributed by atoms with van der Waals surface area (Å²) in [4.78, 5) is 2.10. The van der Waals surface area contributed by atoms with Gasteiger partial charge in [-0.1, -0.05) is 0 Å². The average Bonchev–Trinajstić information content (AvgIpc) is 2.40. The Morgan fingerprint density at radius 3 is 2.57 bits per heavy atom. The first kappa shape index (κ1) is 17.6. The molecule has 120 valence electrons. The lowest BCUT2D eigenvalue weighted by Gasteiger charge is -2.30. The molecule has 0 radical (unpaired) electrons. The first-order valence-electron chi connectivity index (χ1n) is 7.02. The van der Waals surface area contributed by atoms with Crippen LogP contribution < -0.4 is 20.1 Å². The Balaban J connectivity index is 2.91. The van der Waals surface area contributed by atoms with E-state index in [-0.39, 0.29) is 6.04 Å². The summed E-state index contributed by atoms with van der Waals surface area (Å²) in [6.07, 6.45) is 1.16. The van der Waals surface area contributed by atoms with Crippen molar-refractivity contribution in [2.75, 3.05) is 36.6 Å². The maximum Gasteiger partial charge on any atom is 0.208 e. The Hall–Kier alpha value is -1.47. The summed E-state index contributed by atoms with van der Waals surface area (Å²) in [5.74, 6) is 0.650. The van der Waals surface area contributed by atoms with E-state index in [0.717, 1.165) is 18.5 Å². The molecule has 0 amide bonds. The smallest absolute Gasteiger partial charge is 0.208 e. The standard InChI is InChI=1S/C14H25N3O3S/c1-5-17(11(3)10-16-21(4,18)19)12-7-8-13(15)14(9-12)20-6-2/h7-9,11,16H,5-6,10,15H2,1-4H3. The molecule has 0 fully saturated rings. The highest BCUT2D eigenvalue weighted by Gasteiger charge is 2.16. The van der Waals surface area contributed by atoms with Crippen LogP contribution in [0.15, 0.2) is 18.2 Å². The van der Waals surface area contributed by atoms with Crippen molar-refractivity contribution in [3.63, 3.8) is 0 Å². The summed E-state index contributed by atoms with van der Waals surface area (Å²) in [5, 5.41) is 0. The first-order chi connectivity index (χ1) is 9.78. The van der Waals surface area contributed by atoms with E-state index in [4.69, 9.17) is 10.5 Å². The molecule has 1 rings (SSSR count). The lowest BCUT2D eigenvalue weighted by molar-refractivity contribution is 0.342. The molecular formula is C14H25N3O3S. The van der Waals surface area contributed by atoms with Gasteiger partial charge in [0.1, 0.15) is 5.75 Å². The van der Waals surface area contributed by atoms with Gasteiger partial charge in [0.25, 0.3) is 0 Å². The summed E-state index contributed by atoms with van der Waals surface area (Å²) in [7, 11) is -3.19. The van der Waals surface area contributed by atoms with E-state index in [1.54, 1.807) is 6.07 Å². The van der Waals surface area contributed by atoms with E-state index in [9.17, 15) is 8.42 Å². The van der Waals surface area contributed by atoms with Gasteiger partial charge in [0.2, 0.25) is 10.0 Å². The van der Waals surface area contributed by atoms with Gasteiger partial charge < -0.3 is 15.4 Å². The van der Waals surface area contributed by atoms with Crippen molar-refractivity contribution in [1.82, 2.24) is 4.72 Å². The SMILES string of the molecule is CCOc1cc(N(CC)C(C)CNS(C)(=O)=O)ccc1N. The lowest BCUT2D eigenvalue weighted by atomic mass is 10.2. The van der Waals surface area contributed by atoms with E-state index < -0.39 is 10.0 Å². The second kappa shape index (κ2) is 7.51. The molecular weight excluding hydrogens is 290 g/mol. The molecule has 0 saturated carbocycles. The van der Waals surface area contributed by atoms with Gasteiger partial charge in [-0.05, 0) is 32.9 Å². The van der Waals surface area contributed by atoms with E-state index in [1.807, 2.05) is 32.9 Å². The summed E-state index contributed by atoms with van der Waals surface area (Å²) in [6.45, 7) is 7.54. The third-order valence-corrected chi connectivity index (χ3v) is 3.83. The quantitative estimate of drug-likeness (QED) is 0.709. The molecule has 3 N–H and O–H groups in total. The molecule has 1 atom stereocenters. The summed E-state index contributed by atoms with van der Waals surface area (Å²) in [6, 6.07) is 5.62. The first-order valence-corrected chi connectivity index (χ1v) is 8.91. The monoisotopic (exact) mass is 315 g/mol. The van der Waals surface area contributed by atoms with Crippen LogP contribution in [0.1, 0.15) is 20.8 Å². The van der Waals surface area contributed by atoms with Crippen LogP contribution in [-0.4, -0.2) is 40.4 Å². The number of benzene rings is 1. The number of nitrogens with zero attached hydrogens (tertiary/aromatic N) is 1. The molecule has 0 aliphatic rings. The fourth-order valence-electron chi connectivity index (χ4n) is 2.11. The van der Waals surface area contributed by atoms with Gasteiger partial charge in [0.15, 0.2) is 0 Å². The van der Waals surface area contributed by atoms with Crippen molar-refractivity contribution < 1.29 is 13.2 Å². The minimum atomic E-state index is -3.19. The zero-order valence-corrected chi connectivity index (χ0v) is 13.9. The Labute approximate surface area is 127 Å².